The molecule has 0 amide bonds. The molecule has 10 nitrogen and oxygen atoms in total. The first-order valence-corrected chi connectivity index (χ1v) is 12.4. The molecule has 2 aromatic carbocycles. The van der Waals surface area contributed by atoms with Gasteiger partial charge in [-0.25, -0.2) is 8.42 Å². The Morgan fingerprint density at radius 1 is 1.18 bits per heavy atom. The molecule has 1 fully saturated rings. The number of nitrogens with one attached hydrogen (secondary N) is 1. The van der Waals surface area contributed by atoms with Crippen molar-refractivity contribution in [3.05, 3.63) is 63.7 Å². The number of sulfonamides is 1. The van der Waals surface area contributed by atoms with E-state index in [4.69, 9.17) is 4.74 Å². The predicted molar refractivity (Wildman–Crippen MR) is 125 cm³/mol. The average Bonchev–Trinajstić information content (AvgIpc) is 2.83. The summed E-state index contributed by atoms with van der Waals surface area (Å²) in [5, 5.41) is 14.0. The Morgan fingerprint density at radius 3 is 2.53 bits per heavy atom. The summed E-state index contributed by atoms with van der Waals surface area (Å²) in [5.74, 6) is -0.983. The van der Waals surface area contributed by atoms with Crippen molar-refractivity contribution in [2.24, 2.45) is 5.92 Å². The number of esters is 1. The minimum atomic E-state index is -3.83. The Hall–Kier alpha value is -3.31. The van der Waals surface area contributed by atoms with Crippen LogP contribution in [0.5, 0.6) is 0 Å². The van der Waals surface area contributed by atoms with Gasteiger partial charge in [-0.3, -0.25) is 19.7 Å². The fourth-order valence-electron chi connectivity index (χ4n) is 3.77. The van der Waals surface area contributed by atoms with Crippen LogP contribution >= 0.6 is 0 Å². The number of ether oxygens (including phenoxy) is 1. The predicted octanol–water partition coefficient (Wildman–Crippen LogP) is 3.16. The highest BCUT2D eigenvalue weighted by Gasteiger charge is 2.33. The van der Waals surface area contributed by atoms with Crippen molar-refractivity contribution >= 4 is 33.2 Å². The summed E-state index contributed by atoms with van der Waals surface area (Å²) in [6.45, 7) is 3.86. The van der Waals surface area contributed by atoms with Gasteiger partial charge in [-0.2, -0.15) is 4.31 Å². The SMILES string of the molecule is CCOC(=O)C1CCN(S(=O)(=O)c2cccc(C(=O)CNc3ccc(C)c([N+](=O)[O-])c3)c2)CC1. The lowest BCUT2D eigenvalue weighted by molar-refractivity contribution is -0.385. The second-order valence-corrected chi connectivity index (χ2v) is 9.93. The molecule has 0 bridgehead atoms. The van der Waals surface area contributed by atoms with Crippen LogP contribution in [0.4, 0.5) is 11.4 Å². The van der Waals surface area contributed by atoms with Gasteiger partial charge in [0.05, 0.1) is 28.9 Å². The number of nitrogens with zero attached hydrogens (tertiary/aromatic N) is 2. The molecule has 182 valence electrons. The monoisotopic (exact) mass is 489 g/mol. The van der Waals surface area contributed by atoms with E-state index in [1.54, 1.807) is 26.0 Å². The van der Waals surface area contributed by atoms with E-state index in [-0.39, 0.29) is 60.1 Å². The van der Waals surface area contributed by atoms with Gasteiger partial charge in [-0.15, -0.1) is 0 Å². The van der Waals surface area contributed by atoms with Gasteiger partial charge in [-0.05, 0) is 44.9 Å². The fraction of sp³-hybridized carbons (Fsp3) is 0.391. The summed E-state index contributed by atoms with van der Waals surface area (Å²) in [4.78, 5) is 35.2. The average molecular weight is 490 g/mol. The van der Waals surface area contributed by atoms with Crippen molar-refractivity contribution in [3.8, 4) is 0 Å². The second kappa shape index (κ2) is 10.7. The molecular weight excluding hydrogens is 462 g/mol. The third-order valence-electron chi connectivity index (χ3n) is 5.73. The van der Waals surface area contributed by atoms with Crippen LogP contribution in [0.2, 0.25) is 0 Å². The standard InChI is InChI=1S/C23H27N3O7S/c1-3-33-23(28)17-9-11-25(12-10-17)34(31,32)20-6-4-5-18(13-20)22(27)15-24-19-8-7-16(2)21(14-19)26(29)30/h4-8,13-14,17,24H,3,9-12,15H2,1-2H3. The summed E-state index contributed by atoms with van der Waals surface area (Å²) in [7, 11) is -3.83. The van der Waals surface area contributed by atoms with E-state index < -0.39 is 14.9 Å². The Balaban J connectivity index is 1.67. The highest BCUT2D eigenvalue weighted by atomic mass is 32.2. The molecule has 1 heterocycles. The molecule has 1 N–H and O–H groups in total. The first-order chi connectivity index (χ1) is 16.1. The molecule has 0 atom stereocenters. The third kappa shape index (κ3) is 5.78. The molecule has 1 saturated heterocycles. The number of Topliss-reactive ketones (excluding diaryl/α,β-unsaturated/α-hetero) is 1. The van der Waals surface area contributed by atoms with Gasteiger partial charge in [-0.1, -0.05) is 18.2 Å². The fourth-order valence-corrected chi connectivity index (χ4v) is 5.29. The molecule has 0 saturated carbocycles. The normalized spacial score (nSPS) is 15.0. The lowest BCUT2D eigenvalue weighted by Gasteiger charge is -2.30. The van der Waals surface area contributed by atoms with Crippen LogP contribution < -0.4 is 5.32 Å². The first-order valence-electron chi connectivity index (χ1n) is 10.9. The zero-order chi connectivity index (χ0) is 24.9. The van der Waals surface area contributed by atoms with Crippen LogP contribution in [0.15, 0.2) is 47.4 Å². The zero-order valence-corrected chi connectivity index (χ0v) is 19.8. The number of ketones is 1. The van der Waals surface area contributed by atoms with Crippen molar-refractivity contribution in [1.29, 1.82) is 0 Å². The Labute approximate surface area is 198 Å². The number of nitro groups is 1. The van der Waals surface area contributed by atoms with Crippen molar-refractivity contribution in [2.45, 2.75) is 31.6 Å². The van der Waals surface area contributed by atoms with E-state index in [2.05, 4.69) is 5.32 Å². The number of anilines is 1. The maximum absolute atomic E-state index is 13.1. The van der Waals surface area contributed by atoms with Crippen LogP contribution in [0.1, 0.15) is 35.7 Å². The summed E-state index contributed by atoms with van der Waals surface area (Å²) < 4.78 is 32.5. The largest absolute Gasteiger partial charge is 0.466 e. The van der Waals surface area contributed by atoms with E-state index in [9.17, 15) is 28.1 Å². The molecule has 3 rings (SSSR count). The highest BCUT2D eigenvalue weighted by Crippen LogP contribution is 2.26. The molecule has 0 aromatic heterocycles. The van der Waals surface area contributed by atoms with Gasteiger partial charge >= 0.3 is 5.97 Å². The van der Waals surface area contributed by atoms with Crippen LogP contribution in [0.25, 0.3) is 0 Å². The molecule has 0 aliphatic carbocycles. The summed E-state index contributed by atoms with van der Waals surface area (Å²) in [5.41, 5.74) is 1.07. The molecule has 2 aromatic rings. The van der Waals surface area contributed by atoms with Gasteiger partial charge in [0.1, 0.15) is 0 Å². The molecule has 34 heavy (non-hydrogen) atoms. The van der Waals surface area contributed by atoms with Crippen molar-refractivity contribution in [3.63, 3.8) is 0 Å². The maximum atomic E-state index is 13.1. The molecule has 11 heteroatoms. The van der Waals surface area contributed by atoms with E-state index in [0.29, 0.717) is 24.1 Å². The van der Waals surface area contributed by atoms with Crippen molar-refractivity contribution in [2.75, 3.05) is 31.6 Å². The van der Waals surface area contributed by atoms with Gasteiger partial charge < -0.3 is 10.1 Å². The first kappa shape index (κ1) is 25.3. The van der Waals surface area contributed by atoms with Gasteiger partial charge in [0.25, 0.3) is 5.69 Å². The van der Waals surface area contributed by atoms with Crippen LogP contribution in [-0.2, 0) is 19.6 Å². The number of hydrogen-bond donors (Lipinski definition) is 1. The summed E-state index contributed by atoms with van der Waals surface area (Å²) >= 11 is 0. The molecule has 0 unspecified atom stereocenters. The number of aryl methyl sites for hydroxylation is 1. The number of rotatable bonds is 9. The number of carbonyl (C=O) groups is 2. The Morgan fingerprint density at radius 2 is 1.88 bits per heavy atom. The Kier molecular flexibility index (Phi) is 8.00. The minimum absolute atomic E-state index is 0.00101. The molecule has 1 aliphatic heterocycles. The topological polar surface area (TPSA) is 136 Å². The van der Waals surface area contributed by atoms with E-state index >= 15 is 0 Å². The smallest absolute Gasteiger partial charge is 0.309 e. The molecule has 1 aliphatic rings. The number of carbonyl (C=O) groups excluding carboxylic acids is 2. The summed E-state index contributed by atoms with van der Waals surface area (Å²) in [6, 6.07) is 10.4. The van der Waals surface area contributed by atoms with Crippen LogP contribution in [0, 0.1) is 23.0 Å². The highest BCUT2D eigenvalue weighted by molar-refractivity contribution is 7.89. The second-order valence-electron chi connectivity index (χ2n) is 7.99. The number of piperidine rings is 1. The van der Waals surface area contributed by atoms with Crippen LogP contribution in [0.3, 0.4) is 0 Å². The quantitative estimate of drug-likeness (QED) is 0.246. The third-order valence-corrected chi connectivity index (χ3v) is 7.62. The van der Waals surface area contributed by atoms with Gasteiger partial charge in [0, 0.05) is 36.0 Å². The Bertz CT molecular complexity index is 1190. The number of nitro benzene ring substituents is 1. The maximum Gasteiger partial charge on any atom is 0.309 e. The molecule has 0 radical (unpaired) electrons. The van der Waals surface area contributed by atoms with Gasteiger partial charge in [0.2, 0.25) is 10.0 Å². The van der Waals surface area contributed by atoms with E-state index in [1.807, 2.05) is 0 Å². The van der Waals surface area contributed by atoms with Gasteiger partial charge in [0.15, 0.2) is 5.78 Å². The van der Waals surface area contributed by atoms with Crippen LogP contribution in [-0.4, -0.2) is 55.6 Å². The van der Waals surface area contributed by atoms with Crippen molar-refractivity contribution in [1.82, 2.24) is 4.31 Å². The number of hydrogen-bond acceptors (Lipinski definition) is 8. The lowest BCUT2D eigenvalue weighted by Crippen LogP contribution is -2.40. The zero-order valence-electron chi connectivity index (χ0n) is 19.0. The van der Waals surface area contributed by atoms with E-state index in [1.165, 1.54) is 34.6 Å². The summed E-state index contributed by atoms with van der Waals surface area (Å²) in [6.07, 6.45) is 0.757. The molecule has 0 spiro atoms. The minimum Gasteiger partial charge on any atom is -0.466 e. The lowest BCUT2D eigenvalue weighted by atomic mass is 9.98. The molecular formula is C23H27N3O7S. The van der Waals surface area contributed by atoms with Crippen molar-refractivity contribution < 1.29 is 27.7 Å². The van der Waals surface area contributed by atoms with E-state index in [0.717, 1.165) is 0 Å². The number of benzene rings is 2.